The number of halogens is 3. The Morgan fingerprint density at radius 1 is 1.15 bits per heavy atom. The predicted octanol–water partition coefficient (Wildman–Crippen LogP) is 3.02. The van der Waals surface area contributed by atoms with Crippen LogP contribution in [0, 0.1) is 5.92 Å². The number of esters is 1. The Kier molecular flexibility index (Phi) is 5.61. The van der Waals surface area contributed by atoms with E-state index in [2.05, 4.69) is 5.32 Å². The predicted molar refractivity (Wildman–Crippen MR) is 91.8 cm³/mol. The third-order valence-corrected chi connectivity index (χ3v) is 4.24. The van der Waals surface area contributed by atoms with Gasteiger partial charge in [0.1, 0.15) is 5.60 Å². The van der Waals surface area contributed by atoms with Gasteiger partial charge in [-0.05, 0) is 57.7 Å². The molecule has 1 saturated carbocycles. The maximum Gasteiger partial charge on any atom is 0.416 e. The normalized spacial score (nSPS) is 21.9. The molecule has 3 atom stereocenters. The number of carbonyl (C=O) groups is 2. The fourth-order valence-electron chi connectivity index (χ4n) is 2.62. The van der Waals surface area contributed by atoms with Gasteiger partial charge in [0, 0.05) is 5.92 Å². The summed E-state index contributed by atoms with van der Waals surface area (Å²) in [5.74, 6) is -1.76. The van der Waals surface area contributed by atoms with Crippen LogP contribution in [0.1, 0.15) is 51.2 Å². The fourth-order valence-corrected chi connectivity index (χ4v) is 2.62. The molecule has 0 bridgehead atoms. The lowest BCUT2D eigenvalue weighted by molar-refractivity contribution is -0.174. The van der Waals surface area contributed by atoms with Crippen molar-refractivity contribution in [1.82, 2.24) is 5.32 Å². The van der Waals surface area contributed by atoms with E-state index in [1.807, 2.05) is 0 Å². The fraction of sp³-hybridized carbons (Fsp3) is 0.579. The number of carbonyl (C=O) groups excluding carboxylic acids is 2. The Balaban J connectivity index is 1.89. The van der Waals surface area contributed by atoms with Gasteiger partial charge in [0.15, 0.2) is 5.60 Å². The molecular weight excluding hydrogens is 363 g/mol. The second kappa shape index (κ2) is 7.14. The zero-order valence-electron chi connectivity index (χ0n) is 15.7. The van der Waals surface area contributed by atoms with Gasteiger partial charge < -0.3 is 15.2 Å². The average Bonchev–Trinajstić information content (AvgIpc) is 3.31. The van der Waals surface area contributed by atoms with Crippen LogP contribution in [0.2, 0.25) is 0 Å². The minimum absolute atomic E-state index is 0.168. The Hall–Kier alpha value is -2.09. The number of rotatable bonds is 5. The van der Waals surface area contributed by atoms with Crippen molar-refractivity contribution in [3.05, 3.63) is 35.4 Å². The van der Waals surface area contributed by atoms with Gasteiger partial charge in [-0.15, -0.1) is 0 Å². The molecule has 1 aliphatic carbocycles. The Morgan fingerprint density at radius 3 is 2.19 bits per heavy atom. The van der Waals surface area contributed by atoms with Crippen LogP contribution in [-0.4, -0.2) is 34.7 Å². The maximum absolute atomic E-state index is 12.6. The van der Waals surface area contributed by atoms with Crippen molar-refractivity contribution in [1.29, 1.82) is 0 Å². The van der Waals surface area contributed by atoms with E-state index < -0.39 is 34.8 Å². The van der Waals surface area contributed by atoms with Crippen LogP contribution in [0.15, 0.2) is 24.3 Å². The first kappa shape index (κ1) is 21.2. The first-order chi connectivity index (χ1) is 12.2. The summed E-state index contributed by atoms with van der Waals surface area (Å²) in [4.78, 5) is 24.2. The van der Waals surface area contributed by atoms with Gasteiger partial charge in [-0.1, -0.05) is 12.1 Å². The van der Waals surface area contributed by atoms with Gasteiger partial charge in [-0.2, -0.15) is 13.2 Å². The lowest BCUT2D eigenvalue weighted by atomic mass is 10.1. The van der Waals surface area contributed by atoms with Crippen molar-refractivity contribution in [2.24, 2.45) is 5.92 Å². The van der Waals surface area contributed by atoms with Crippen molar-refractivity contribution in [2.45, 2.75) is 57.4 Å². The van der Waals surface area contributed by atoms with Crippen LogP contribution in [-0.2, 0) is 20.5 Å². The van der Waals surface area contributed by atoms with E-state index in [0.29, 0.717) is 12.0 Å². The van der Waals surface area contributed by atoms with E-state index >= 15 is 0 Å². The largest absolute Gasteiger partial charge is 0.458 e. The van der Waals surface area contributed by atoms with Gasteiger partial charge in [0.25, 0.3) is 0 Å². The first-order valence-electron chi connectivity index (χ1n) is 8.61. The molecular formula is C19H24F3NO4. The number of alkyl halides is 3. The Labute approximate surface area is 155 Å². The standard InChI is InChI=1S/C19H24F3NO4/c1-17(2,3)27-16(25)18(4,26)10-23-15(24)14-9-13(14)11-5-7-12(8-6-11)19(20,21)22/h5-8,13-14,26H,9-10H2,1-4H3,(H,23,24)/t13-,14+,18+/m0/s1. The van der Waals surface area contributed by atoms with Crippen molar-refractivity contribution < 1.29 is 32.6 Å². The molecule has 1 fully saturated rings. The summed E-state index contributed by atoms with van der Waals surface area (Å²) >= 11 is 0. The van der Waals surface area contributed by atoms with E-state index in [0.717, 1.165) is 12.1 Å². The maximum atomic E-state index is 12.6. The van der Waals surface area contributed by atoms with Crippen LogP contribution < -0.4 is 5.32 Å². The topological polar surface area (TPSA) is 75.6 Å². The molecule has 0 unspecified atom stereocenters. The van der Waals surface area contributed by atoms with E-state index in [-0.39, 0.29) is 18.4 Å². The highest BCUT2D eigenvalue weighted by Crippen LogP contribution is 2.48. The molecule has 1 aromatic carbocycles. The van der Waals surface area contributed by atoms with Crippen LogP contribution in [0.25, 0.3) is 0 Å². The molecule has 0 saturated heterocycles. The number of benzene rings is 1. The van der Waals surface area contributed by atoms with Crippen molar-refractivity contribution in [3.63, 3.8) is 0 Å². The minimum Gasteiger partial charge on any atom is -0.458 e. The second-order valence-electron chi connectivity index (χ2n) is 8.06. The number of amides is 1. The molecule has 0 radical (unpaired) electrons. The highest BCUT2D eigenvalue weighted by atomic mass is 19.4. The molecule has 27 heavy (non-hydrogen) atoms. The van der Waals surface area contributed by atoms with E-state index in [4.69, 9.17) is 4.74 Å². The number of nitrogens with one attached hydrogen (secondary N) is 1. The Bertz CT molecular complexity index is 705. The van der Waals surface area contributed by atoms with Crippen molar-refractivity contribution in [3.8, 4) is 0 Å². The lowest BCUT2D eigenvalue weighted by Crippen LogP contribution is -2.49. The molecule has 1 aromatic rings. The minimum atomic E-state index is -4.40. The molecule has 1 amide bonds. The molecule has 8 heteroatoms. The Morgan fingerprint density at radius 2 is 1.70 bits per heavy atom. The summed E-state index contributed by atoms with van der Waals surface area (Å²) in [6, 6.07) is 4.74. The van der Waals surface area contributed by atoms with Crippen LogP contribution in [0.4, 0.5) is 13.2 Å². The third-order valence-electron chi connectivity index (χ3n) is 4.24. The summed E-state index contributed by atoms with van der Waals surface area (Å²) < 4.78 is 42.9. The van der Waals surface area contributed by atoms with Gasteiger partial charge >= 0.3 is 12.1 Å². The van der Waals surface area contributed by atoms with Crippen LogP contribution in [0.5, 0.6) is 0 Å². The smallest absolute Gasteiger partial charge is 0.416 e. The third kappa shape index (κ3) is 5.69. The molecule has 0 heterocycles. The van der Waals surface area contributed by atoms with Crippen LogP contribution in [0.3, 0.4) is 0 Å². The summed E-state index contributed by atoms with van der Waals surface area (Å²) in [5, 5.41) is 12.7. The average molecular weight is 387 g/mol. The monoisotopic (exact) mass is 387 g/mol. The van der Waals surface area contributed by atoms with Crippen LogP contribution >= 0.6 is 0 Å². The quantitative estimate of drug-likeness (QED) is 0.762. The highest BCUT2D eigenvalue weighted by molar-refractivity contribution is 5.85. The first-order valence-corrected chi connectivity index (χ1v) is 8.61. The zero-order valence-corrected chi connectivity index (χ0v) is 15.7. The molecule has 5 nitrogen and oxygen atoms in total. The number of aliphatic hydroxyl groups is 1. The molecule has 0 aromatic heterocycles. The van der Waals surface area contributed by atoms with Crippen molar-refractivity contribution >= 4 is 11.9 Å². The summed E-state index contributed by atoms with van der Waals surface area (Å²) in [7, 11) is 0. The van der Waals surface area contributed by atoms with Gasteiger partial charge in [-0.3, -0.25) is 4.79 Å². The zero-order chi connectivity index (χ0) is 20.6. The molecule has 1 aliphatic rings. The van der Waals surface area contributed by atoms with E-state index in [1.54, 1.807) is 20.8 Å². The van der Waals surface area contributed by atoms with E-state index in [9.17, 15) is 27.9 Å². The molecule has 0 aliphatic heterocycles. The molecule has 2 N–H and O–H groups in total. The summed E-state index contributed by atoms with van der Waals surface area (Å²) in [6.07, 6.45) is -3.89. The molecule has 150 valence electrons. The van der Waals surface area contributed by atoms with Gasteiger partial charge in [0.2, 0.25) is 5.91 Å². The summed E-state index contributed by atoms with van der Waals surface area (Å²) in [6.45, 7) is 5.94. The second-order valence-corrected chi connectivity index (χ2v) is 8.06. The van der Waals surface area contributed by atoms with Gasteiger partial charge in [0.05, 0.1) is 12.1 Å². The highest BCUT2D eigenvalue weighted by Gasteiger charge is 2.45. The summed E-state index contributed by atoms with van der Waals surface area (Å²) in [5.41, 5.74) is -2.72. The number of hydrogen-bond acceptors (Lipinski definition) is 4. The van der Waals surface area contributed by atoms with E-state index in [1.165, 1.54) is 19.1 Å². The number of ether oxygens (including phenoxy) is 1. The van der Waals surface area contributed by atoms with Gasteiger partial charge in [-0.25, -0.2) is 4.79 Å². The molecule has 0 spiro atoms. The SMILES string of the molecule is CC(C)(C)OC(=O)[C@](C)(O)CNC(=O)[C@@H]1C[C@H]1c1ccc(C(F)(F)F)cc1. The molecule has 2 rings (SSSR count). The van der Waals surface area contributed by atoms with Crippen molar-refractivity contribution in [2.75, 3.05) is 6.54 Å². The number of hydrogen-bond donors (Lipinski definition) is 2. The lowest BCUT2D eigenvalue weighted by Gasteiger charge is -2.27.